The van der Waals surface area contributed by atoms with E-state index in [-0.39, 0.29) is 18.0 Å². The molecule has 0 N–H and O–H groups in total. The highest BCUT2D eigenvalue weighted by molar-refractivity contribution is 5.81. The third kappa shape index (κ3) is 4.62. The van der Waals surface area contributed by atoms with Crippen molar-refractivity contribution in [3.8, 4) is 11.3 Å². The van der Waals surface area contributed by atoms with Gasteiger partial charge in [-0.15, -0.1) is 0 Å². The first-order chi connectivity index (χ1) is 16.6. The molecule has 5 rings (SSSR count). The van der Waals surface area contributed by atoms with Crippen molar-refractivity contribution in [2.45, 2.75) is 45.8 Å². The Morgan fingerprint density at radius 3 is 2.77 bits per heavy atom. The summed E-state index contributed by atoms with van der Waals surface area (Å²) >= 11 is 0. The SMILES string of the molecule is Cc1cn2cc(-c3ccc4cc(N(C)[C@@H]5CCN(C(=O)OC(C)(C)C)C5)cnc4n3)cc(F)c2n1. The first kappa shape index (κ1) is 23.0. The highest BCUT2D eigenvalue weighted by atomic mass is 19.1. The lowest BCUT2D eigenvalue weighted by atomic mass is 10.1. The number of imidazole rings is 1. The Balaban J connectivity index is 1.35. The first-order valence-electron chi connectivity index (χ1n) is 11.7. The lowest BCUT2D eigenvalue weighted by Gasteiger charge is -2.28. The van der Waals surface area contributed by atoms with Crippen molar-refractivity contribution >= 4 is 28.5 Å². The number of anilines is 1. The van der Waals surface area contributed by atoms with E-state index in [1.165, 1.54) is 6.07 Å². The monoisotopic (exact) mass is 476 g/mol. The number of pyridine rings is 3. The van der Waals surface area contributed by atoms with Gasteiger partial charge in [0.05, 0.1) is 23.3 Å². The number of aromatic nitrogens is 4. The molecule has 5 heterocycles. The summed E-state index contributed by atoms with van der Waals surface area (Å²) in [6.45, 7) is 8.71. The van der Waals surface area contributed by atoms with Crippen LogP contribution in [-0.2, 0) is 4.74 Å². The van der Waals surface area contributed by atoms with Crippen molar-refractivity contribution in [3.05, 3.63) is 54.4 Å². The standard InChI is InChI=1S/C26H29FN6O2/c1-16-13-33-14-18(11-21(27)24(33)29-16)22-7-6-17-10-20(12-28-23(17)30-22)31(5)19-8-9-32(15-19)25(34)35-26(2,3)4/h6-7,10-14,19H,8-9,15H2,1-5H3/t19-/m1/s1. The van der Waals surface area contributed by atoms with Gasteiger partial charge >= 0.3 is 6.09 Å². The molecular formula is C26H29FN6O2. The lowest BCUT2D eigenvalue weighted by molar-refractivity contribution is 0.0292. The lowest BCUT2D eigenvalue weighted by Crippen LogP contribution is -2.39. The fourth-order valence-electron chi connectivity index (χ4n) is 4.43. The molecule has 0 saturated carbocycles. The van der Waals surface area contributed by atoms with Crippen LogP contribution in [0.4, 0.5) is 14.9 Å². The van der Waals surface area contributed by atoms with E-state index in [4.69, 9.17) is 4.74 Å². The van der Waals surface area contributed by atoms with E-state index in [1.807, 2.05) is 59.1 Å². The fourth-order valence-corrected chi connectivity index (χ4v) is 4.43. The van der Waals surface area contributed by atoms with E-state index in [0.29, 0.717) is 35.6 Å². The highest BCUT2D eigenvalue weighted by Crippen LogP contribution is 2.27. The van der Waals surface area contributed by atoms with Crippen molar-refractivity contribution < 1.29 is 13.9 Å². The number of hydrogen-bond acceptors (Lipinski definition) is 6. The molecule has 4 aromatic rings. The molecule has 4 aromatic heterocycles. The molecule has 0 spiro atoms. The van der Waals surface area contributed by atoms with Crippen LogP contribution in [0.5, 0.6) is 0 Å². The molecule has 0 radical (unpaired) electrons. The zero-order valence-corrected chi connectivity index (χ0v) is 20.6. The maximum atomic E-state index is 14.5. The number of aryl methyl sites for hydroxylation is 1. The molecule has 9 heteroatoms. The smallest absolute Gasteiger partial charge is 0.410 e. The van der Waals surface area contributed by atoms with Crippen LogP contribution in [0.15, 0.2) is 42.9 Å². The maximum absolute atomic E-state index is 14.5. The number of fused-ring (bicyclic) bond motifs is 2. The Kier molecular flexibility index (Phi) is 5.57. The number of nitrogens with zero attached hydrogens (tertiary/aromatic N) is 6. The second-order valence-corrected chi connectivity index (χ2v) is 10.1. The zero-order valence-electron chi connectivity index (χ0n) is 20.6. The van der Waals surface area contributed by atoms with Gasteiger partial charge in [0, 0.05) is 49.5 Å². The minimum absolute atomic E-state index is 0.169. The van der Waals surface area contributed by atoms with Crippen LogP contribution in [0.1, 0.15) is 32.9 Å². The average Bonchev–Trinajstić information content (AvgIpc) is 3.43. The number of amides is 1. The minimum atomic E-state index is -0.510. The number of ether oxygens (including phenoxy) is 1. The number of likely N-dealkylation sites (N-methyl/N-ethyl adjacent to an activating group) is 1. The van der Waals surface area contributed by atoms with Gasteiger partial charge in [0.15, 0.2) is 17.1 Å². The summed E-state index contributed by atoms with van der Waals surface area (Å²) in [5, 5.41) is 0.889. The van der Waals surface area contributed by atoms with Gasteiger partial charge in [-0.3, -0.25) is 0 Å². The molecule has 1 atom stereocenters. The predicted molar refractivity (Wildman–Crippen MR) is 133 cm³/mol. The van der Waals surface area contributed by atoms with Gasteiger partial charge in [0.1, 0.15) is 5.60 Å². The van der Waals surface area contributed by atoms with Crippen LogP contribution in [0.25, 0.3) is 27.9 Å². The van der Waals surface area contributed by atoms with E-state index in [0.717, 1.165) is 23.2 Å². The molecule has 1 amide bonds. The third-order valence-corrected chi connectivity index (χ3v) is 6.22. The molecule has 1 aliphatic rings. The number of rotatable bonds is 3. The average molecular weight is 477 g/mol. The van der Waals surface area contributed by atoms with Crippen LogP contribution in [0.3, 0.4) is 0 Å². The molecule has 182 valence electrons. The Labute approximate surface area is 203 Å². The number of likely N-dealkylation sites (tertiary alicyclic amines) is 1. The van der Waals surface area contributed by atoms with Gasteiger partial charge in [-0.2, -0.15) is 0 Å². The van der Waals surface area contributed by atoms with E-state index < -0.39 is 5.60 Å². The molecular weight excluding hydrogens is 447 g/mol. The molecule has 35 heavy (non-hydrogen) atoms. The molecule has 8 nitrogen and oxygen atoms in total. The van der Waals surface area contributed by atoms with Gasteiger partial charge in [-0.25, -0.2) is 24.1 Å². The predicted octanol–water partition coefficient (Wildman–Crippen LogP) is 4.84. The summed E-state index contributed by atoms with van der Waals surface area (Å²) < 4.78 is 21.7. The number of carbonyl (C=O) groups excluding carboxylic acids is 1. The second kappa shape index (κ2) is 8.48. The highest BCUT2D eigenvalue weighted by Gasteiger charge is 2.32. The largest absolute Gasteiger partial charge is 0.444 e. The van der Waals surface area contributed by atoms with Gasteiger partial charge in [0.25, 0.3) is 0 Å². The van der Waals surface area contributed by atoms with Gasteiger partial charge < -0.3 is 18.9 Å². The van der Waals surface area contributed by atoms with Gasteiger partial charge in [-0.05, 0) is 58.4 Å². The third-order valence-electron chi connectivity index (χ3n) is 6.22. The Bertz CT molecular complexity index is 1430. The quantitative estimate of drug-likeness (QED) is 0.421. The summed E-state index contributed by atoms with van der Waals surface area (Å²) in [4.78, 5) is 29.8. The maximum Gasteiger partial charge on any atom is 0.410 e. The number of hydrogen-bond donors (Lipinski definition) is 0. The fraction of sp³-hybridized carbons (Fsp3) is 0.385. The zero-order chi connectivity index (χ0) is 24.9. The van der Waals surface area contributed by atoms with Crippen molar-refractivity contribution in [1.82, 2.24) is 24.3 Å². The summed E-state index contributed by atoms with van der Waals surface area (Å²) in [6, 6.07) is 7.48. The van der Waals surface area contributed by atoms with E-state index in [1.54, 1.807) is 21.7 Å². The molecule has 0 aromatic carbocycles. The summed E-state index contributed by atoms with van der Waals surface area (Å²) in [6.07, 6.45) is 5.98. The van der Waals surface area contributed by atoms with Gasteiger partial charge in [0.2, 0.25) is 0 Å². The number of halogens is 1. The van der Waals surface area contributed by atoms with Crippen molar-refractivity contribution in [1.29, 1.82) is 0 Å². The van der Waals surface area contributed by atoms with Crippen LogP contribution in [0.2, 0.25) is 0 Å². The normalized spacial score (nSPS) is 16.3. The number of carbonyl (C=O) groups is 1. The summed E-state index contributed by atoms with van der Waals surface area (Å²) in [5.41, 5.74) is 3.38. The Morgan fingerprint density at radius 1 is 1.20 bits per heavy atom. The molecule has 0 unspecified atom stereocenters. The van der Waals surface area contributed by atoms with Crippen LogP contribution >= 0.6 is 0 Å². The van der Waals surface area contributed by atoms with Gasteiger partial charge in [-0.1, -0.05) is 0 Å². The van der Waals surface area contributed by atoms with Crippen molar-refractivity contribution in [3.63, 3.8) is 0 Å². The second-order valence-electron chi connectivity index (χ2n) is 10.1. The Morgan fingerprint density at radius 2 is 2.00 bits per heavy atom. The van der Waals surface area contributed by atoms with Crippen LogP contribution in [-0.4, -0.2) is 62.1 Å². The molecule has 1 fully saturated rings. The Hall–Kier alpha value is -3.75. The van der Waals surface area contributed by atoms with E-state index >= 15 is 0 Å². The molecule has 1 saturated heterocycles. The van der Waals surface area contributed by atoms with Crippen molar-refractivity contribution in [2.24, 2.45) is 0 Å². The summed E-state index contributed by atoms with van der Waals surface area (Å²) in [5.74, 6) is -0.389. The molecule has 0 aliphatic carbocycles. The first-order valence-corrected chi connectivity index (χ1v) is 11.7. The molecule has 0 bridgehead atoms. The van der Waals surface area contributed by atoms with Crippen LogP contribution < -0.4 is 4.90 Å². The van der Waals surface area contributed by atoms with E-state index in [2.05, 4.69) is 19.9 Å². The van der Waals surface area contributed by atoms with Crippen LogP contribution in [0, 0.1) is 12.7 Å². The molecule has 1 aliphatic heterocycles. The van der Waals surface area contributed by atoms with Crippen molar-refractivity contribution in [2.75, 3.05) is 25.0 Å². The summed E-state index contributed by atoms with van der Waals surface area (Å²) in [7, 11) is 2.01. The topological polar surface area (TPSA) is 75.9 Å². The minimum Gasteiger partial charge on any atom is -0.444 e. The van der Waals surface area contributed by atoms with E-state index in [9.17, 15) is 9.18 Å².